The van der Waals surface area contributed by atoms with Gasteiger partial charge >= 0.3 is 5.97 Å². The van der Waals surface area contributed by atoms with E-state index in [2.05, 4.69) is 24.1 Å². The molecule has 0 unspecified atom stereocenters. The van der Waals surface area contributed by atoms with Crippen molar-refractivity contribution in [2.24, 2.45) is 5.92 Å². The number of hydrogen-bond acceptors (Lipinski definition) is 2. The fourth-order valence-electron chi connectivity index (χ4n) is 2.97. The number of aliphatic carboxylic acids is 1. The predicted octanol–water partition coefficient (Wildman–Crippen LogP) is 3.41. The first-order valence-corrected chi connectivity index (χ1v) is 7.32. The Balaban J connectivity index is 1.91. The van der Waals surface area contributed by atoms with E-state index in [1.165, 1.54) is 37.3 Å². The van der Waals surface area contributed by atoms with E-state index >= 15 is 0 Å². The molecule has 0 atom stereocenters. The van der Waals surface area contributed by atoms with Crippen LogP contribution < -0.4 is 0 Å². The second-order valence-electron chi connectivity index (χ2n) is 5.76. The summed E-state index contributed by atoms with van der Waals surface area (Å²) in [5.41, 5.74) is 2.18. The monoisotopic (exact) mass is 273 g/mol. The molecule has 1 fully saturated rings. The third-order valence-electron chi connectivity index (χ3n) is 3.87. The molecule has 1 aliphatic carbocycles. The lowest BCUT2D eigenvalue weighted by Crippen LogP contribution is -2.24. The topological polar surface area (TPSA) is 40.5 Å². The third-order valence-corrected chi connectivity index (χ3v) is 3.87. The van der Waals surface area contributed by atoms with Gasteiger partial charge in [0, 0.05) is 19.2 Å². The van der Waals surface area contributed by atoms with E-state index in [1.807, 2.05) is 12.1 Å². The van der Waals surface area contributed by atoms with Gasteiger partial charge in [0.15, 0.2) is 0 Å². The number of benzene rings is 1. The molecule has 0 bridgehead atoms. The van der Waals surface area contributed by atoms with Gasteiger partial charge in [0.25, 0.3) is 0 Å². The summed E-state index contributed by atoms with van der Waals surface area (Å²) in [7, 11) is 2.16. The maximum absolute atomic E-state index is 10.5. The Kier molecular flexibility index (Phi) is 5.36. The summed E-state index contributed by atoms with van der Waals surface area (Å²) in [5.74, 6) is -0.0520. The van der Waals surface area contributed by atoms with Crippen LogP contribution in [-0.2, 0) is 11.3 Å². The van der Waals surface area contributed by atoms with Crippen LogP contribution in [0.1, 0.15) is 36.8 Å². The van der Waals surface area contributed by atoms with Crippen molar-refractivity contribution in [1.82, 2.24) is 4.90 Å². The molecule has 0 aliphatic heterocycles. The van der Waals surface area contributed by atoms with Crippen LogP contribution in [0.25, 0.3) is 6.08 Å². The molecule has 0 saturated heterocycles. The zero-order valence-electron chi connectivity index (χ0n) is 12.1. The average molecular weight is 273 g/mol. The Morgan fingerprint density at radius 3 is 2.85 bits per heavy atom. The minimum absolute atomic E-state index is 0.857. The van der Waals surface area contributed by atoms with Crippen molar-refractivity contribution in [3.63, 3.8) is 0 Å². The maximum atomic E-state index is 10.5. The molecule has 0 spiro atoms. The molecule has 2 rings (SSSR count). The van der Waals surface area contributed by atoms with Crippen LogP contribution in [0.5, 0.6) is 0 Å². The summed E-state index contributed by atoms with van der Waals surface area (Å²) in [6, 6.07) is 8.08. The molecule has 108 valence electrons. The van der Waals surface area contributed by atoms with Crippen LogP contribution in [0.15, 0.2) is 30.3 Å². The van der Waals surface area contributed by atoms with Gasteiger partial charge in [-0.25, -0.2) is 4.79 Å². The van der Waals surface area contributed by atoms with Gasteiger partial charge in [0.2, 0.25) is 0 Å². The van der Waals surface area contributed by atoms with Crippen LogP contribution >= 0.6 is 0 Å². The number of carbonyl (C=O) groups is 1. The van der Waals surface area contributed by atoms with Gasteiger partial charge in [-0.3, -0.25) is 0 Å². The van der Waals surface area contributed by atoms with Crippen LogP contribution in [0.4, 0.5) is 0 Å². The normalized spacial score (nSPS) is 16.3. The fraction of sp³-hybridized carbons (Fsp3) is 0.471. The van der Waals surface area contributed by atoms with Crippen LogP contribution in [0, 0.1) is 5.92 Å². The molecule has 20 heavy (non-hydrogen) atoms. The highest BCUT2D eigenvalue weighted by molar-refractivity contribution is 5.85. The van der Waals surface area contributed by atoms with Gasteiger partial charge in [0.1, 0.15) is 0 Å². The Labute approximate surface area is 120 Å². The molecule has 0 aromatic heterocycles. The van der Waals surface area contributed by atoms with E-state index in [-0.39, 0.29) is 0 Å². The van der Waals surface area contributed by atoms with E-state index < -0.39 is 5.97 Å². The highest BCUT2D eigenvalue weighted by Crippen LogP contribution is 2.25. The first-order valence-electron chi connectivity index (χ1n) is 7.32. The SMILES string of the molecule is CN(Cc1cccc(C=CC(=O)O)c1)CC1CCCC1. The fourth-order valence-corrected chi connectivity index (χ4v) is 2.97. The number of rotatable bonds is 6. The lowest BCUT2D eigenvalue weighted by molar-refractivity contribution is -0.131. The molecular formula is C17H23NO2. The smallest absolute Gasteiger partial charge is 0.328 e. The van der Waals surface area contributed by atoms with E-state index in [4.69, 9.17) is 5.11 Å². The van der Waals surface area contributed by atoms with Crippen molar-refractivity contribution in [2.75, 3.05) is 13.6 Å². The molecule has 1 aromatic rings. The highest BCUT2D eigenvalue weighted by Gasteiger charge is 2.16. The summed E-state index contributed by atoms with van der Waals surface area (Å²) in [5, 5.41) is 8.65. The second-order valence-corrected chi connectivity index (χ2v) is 5.76. The zero-order valence-corrected chi connectivity index (χ0v) is 12.1. The zero-order chi connectivity index (χ0) is 14.4. The van der Waals surface area contributed by atoms with Gasteiger partial charge in [0.05, 0.1) is 0 Å². The first-order chi connectivity index (χ1) is 9.63. The molecule has 0 radical (unpaired) electrons. The molecule has 1 aromatic carbocycles. The quantitative estimate of drug-likeness (QED) is 0.807. The number of hydrogen-bond donors (Lipinski definition) is 1. The van der Waals surface area contributed by atoms with Gasteiger partial charge < -0.3 is 10.0 Å². The van der Waals surface area contributed by atoms with Gasteiger partial charge in [-0.15, -0.1) is 0 Å². The minimum atomic E-state index is -0.909. The average Bonchev–Trinajstić information content (AvgIpc) is 2.89. The summed E-state index contributed by atoms with van der Waals surface area (Å²) in [6.45, 7) is 2.08. The molecule has 3 nitrogen and oxygen atoms in total. The first kappa shape index (κ1) is 14.8. The van der Waals surface area contributed by atoms with Crippen molar-refractivity contribution in [3.05, 3.63) is 41.5 Å². The molecule has 1 aliphatic rings. The van der Waals surface area contributed by atoms with Crippen molar-refractivity contribution >= 4 is 12.0 Å². The Bertz CT molecular complexity index is 476. The minimum Gasteiger partial charge on any atom is -0.478 e. The predicted molar refractivity (Wildman–Crippen MR) is 81.4 cm³/mol. The van der Waals surface area contributed by atoms with Gasteiger partial charge in [-0.2, -0.15) is 0 Å². The maximum Gasteiger partial charge on any atom is 0.328 e. The van der Waals surface area contributed by atoms with Crippen molar-refractivity contribution in [1.29, 1.82) is 0 Å². The summed E-state index contributed by atoms with van der Waals surface area (Å²) in [6.07, 6.45) is 8.32. The lowest BCUT2D eigenvalue weighted by atomic mass is 10.1. The largest absolute Gasteiger partial charge is 0.478 e. The molecule has 1 N–H and O–H groups in total. The molecule has 0 amide bonds. The number of carboxylic acid groups (broad SMARTS) is 1. The summed E-state index contributed by atoms with van der Waals surface area (Å²) >= 11 is 0. The Morgan fingerprint density at radius 2 is 2.15 bits per heavy atom. The second kappa shape index (κ2) is 7.25. The van der Waals surface area contributed by atoms with Crippen molar-refractivity contribution in [3.8, 4) is 0 Å². The van der Waals surface area contributed by atoms with E-state index in [1.54, 1.807) is 6.08 Å². The molecular weight excluding hydrogens is 250 g/mol. The lowest BCUT2D eigenvalue weighted by Gasteiger charge is -2.20. The van der Waals surface area contributed by atoms with E-state index in [0.717, 1.165) is 24.6 Å². The highest BCUT2D eigenvalue weighted by atomic mass is 16.4. The Morgan fingerprint density at radius 1 is 1.40 bits per heavy atom. The molecule has 1 saturated carbocycles. The van der Waals surface area contributed by atoms with Gasteiger partial charge in [-0.1, -0.05) is 37.1 Å². The summed E-state index contributed by atoms with van der Waals surface area (Å²) in [4.78, 5) is 12.9. The van der Waals surface area contributed by atoms with E-state index in [0.29, 0.717) is 0 Å². The van der Waals surface area contributed by atoms with Crippen LogP contribution in [0.2, 0.25) is 0 Å². The molecule has 0 heterocycles. The summed E-state index contributed by atoms with van der Waals surface area (Å²) < 4.78 is 0. The van der Waals surface area contributed by atoms with Crippen molar-refractivity contribution < 1.29 is 9.90 Å². The van der Waals surface area contributed by atoms with Crippen molar-refractivity contribution in [2.45, 2.75) is 32.2 Å². The standard InChI is InChI=1S/C17H23NO2/c1-18(12-15-5-2-3-6-15)13-16-8-4-7-14(11-16)9-10-17(19)20/h4,7-11,15H,2-3,5-6,12-13H2,1H3,(H,19,20). The number of carboxylic acids is 1. The number of nitrogens with zero attached hydrogens (tertiary/aromatic N) is 1. The Hall–Kier alpha value is -1.61. The third kappa shape index (κ3) is 4.82. The van der Waals surface area contributed by atoms with E-state index in [9.17, 15) is 4.79 Å². The van der Waals surface area contributed by atoms with Crippen LogP contribution in [0.3, 0.4) is 0 Å². The van der Waals surface area contributed by atoms with Crippen LogP contribution in [-0.4, -0.2) is 29.6 Å². The van der Waals surface area contributed by atoms with Gasteiger partial charge in [-0.05, 0) is 43.0 Å². The molecule has 3 heteroatoms.